The van der Waals surface area contributed by atoms with Crippen LogP contribution in [0.25, 0.3) is 0 Å². The summed E-state index contributed by atoms with van der Waals surface area (Å²) < 4.78 is 10.5. The molecule has 0 aliphatic carbocycles. The fraction of sp³-hybridized carbons (Fsp3) is 0.571. The quantitative estimate of drug-likeness (QED) is 0.700. The molecule has 1 aromatic rings. The summed E-state index contributed by atoms with van der Waals surface area (Å²) in [6.07, 6.45) is 0.791. The Bertz CT molecular complexity index is 417. The zero-order valence-corrected chi connectivity index (χ0v) is 11.5. The molecule has 1 heterocycles. The summed E-state index contributed by atoms with van der Waals surface area (Å²) in [5.41, 5.74) is 0.428. The average Bonchev–Trinajstić information content (AvgIpc) is 2.86. The summed E-state index contributed by atoms with van der Waals surface area (Å²) in [7, 11) is 3.28. The van der Waals surface area contributed by atoms with Crippen molar-refractivity contribution in [3.63, 3.8) is 0 Å². The van der Waals surface area contributed by atoms with Gasteiger partial charge in [0.2, 0.25) is 0 Å². The predicted octanol–water partition coefficient (Wildman–Crippen LogP) is 0.518. The summed E-state index contributed by atoms with van der Waals surface area (Å²) in [5, 5.41) is 16.7. The first-order chi connectivity index (χ1) is 9.17. The van der Waals surface area contributed by atoms with E-state index in [0.717, 1.165) is 30.0 Å². The first kappa shape index (κ1) is 14.1. The van der Waals surface area contributed by atoms with E-state index in [2.05, 4.69) is 10.6 Å². The molecule has 0 radical (unpaired) electrons. The van der Waals surface area contributed by atoms with E-state index < -0.39 is 5.60 Å². The van der Waals surface area contributed by atoms with Crippen molar-refractivity contribution < 1.29 is 14.6 Å². The van der Waals surface area contributed by atoms with Gasteiger partial charge in [-0.25, -0.2) is 0 Å². The standard InChI is InChI=1S/C14H22N2O3/c1-18-12-4-3-11(13(7-12)19-2)8-16-10-14(17)5-6-15-9-14/h3-4,7,15-17H,5-6,8-10H2,1-2H3. The molecule has 5 heteroatoms. The van der Waals surface area contributed by atoms with Gasteiger partial charge in [-0.2, -0.15) is 0 Å². The molecule has 3 N–H and O–H groups in total. The van der Waals surface area contributed by atoms with Gasteiger partial charge in [0.05, 0.1) is 19.8 Å². The highest BCUT2D eigenvalue weighted by Crippen LogP contribution is 2.24. The molecule has 1 aliphatic rings. The minimum absolute atomic E-state index is 0.579. The molecule has 1 atom stereocenters. The number of hydrogen-bond donors (Lipinski definition) is 3. The predicted molar refractivity (Wildman–Crippen MR) is 73.7 cm³/mol. The van der Waals surface area contributed by atoms with Crippen LogP contribution in [0.1, 0.15) is 12.0 Å². The van der Waals surface area contributed by atoms with E-state index in [1.54, 1.807) is 14.2 Å². The van der Waals surface area contributed by atoms with E-state index in [4.69, 9.17) is 9.47 Å². The fourth-order valence-electron chi connectivity index (χ4n) is 2.31. The summed E-state index contributed by atoms with van der Waals surface area (Å²) in [6.45, 7) is 2.77. The van der Waals surface area contributed by atoms with Crippen LogP contribution in [0.5, 0.6) is 11.5 Å². The lowest BCUT2D eigenvalue weighted by molar-refractivity contribution is 0.0608. The van der Waals surface area contributed by atoms with Gasteiger partial charge in [0.15, 0.2) is 0 Å². The van der Waals surface area contributed by atoms with Crippen molar-refractivity contribution in [2.75, 3.05) is 33.9 Å². The third-order valence-electron chi connectivity index (χ3n) is 3.48. The summed E-state index contributed by atoms with van der Waals surface area (Å²) in [5.74, 6) is 1.57. The highest BCUT2D eigenvalue weighted by atomic mass is 16.5. The minimum atomic E-state index is -0.625. The van der Waals surface area contributed by atoms with Crippen LogP contribution in [-0.4, -0.2) is 44.6 Å². The largest absolute Gasteiger partial charge is 0.497 e. The van der Waals surface area contributed by atoms with Gasteiger partial charge in [0.1, 0.15) is 11.5 Å². The highest BCUT2D eigenvalue weighted by molar-refractivity contribution is 5.40. The van der Waals surface area contributed by atoms with E-state index in [1.165, 1.54) is 0 Å². The molecule has 1 fully saturated rings. The Hall–Kier alpha value is -1.30. The van der Waals surface area contributed by atoms with Crippen molar-refractivity contribution in [3.8, 4) is 11.5 Å². The van der Waals surface area contributed by atoms with Crippen LogP contribution >= 0.6 is 0 Å². The van der Waals surface area contributed by atoms with E-state index >= 15 is 0 Å². The molecule has 0 amide bonds. The lowest BCUT2D eigenvalue weighted by Crippen LogP contribution is -2.42. The van der Waals surface area contributed by atoms with Crippen LogP contribution in [0.2, 0.25) is 0 Å². The van der Waals surface area contributed by atoms with Crippen molar-refractivity contribution in [1.82, 2.24) is 10.6 Å². The zero-order chi connectivity index (χ0) is 13.7. The van der Waals surface area contributed by atoms with Crippen molar-refractivity contribution in [1.29, 1.82) is 0 Å². The number of hydrogen-bond acceptors (Lipinski definition) is 5. The Morgan fingerprint density at radius 3 is 2.84 bits per heavy atom. The SMILES string of the molecule is COc1ccc(CNCC2(O)CCNC2)c(OC)c1. The van der Waals surface area contributed by atoms with E-state index in [-0.39, 0.29) is 0 Å². The Morgan fingerprint density at radius 2 is 2.21 bits per heavy atom. The van der Waals surface area contributed by atoms with Crippen LogP contribution in [0.15, 0.2) is 18.2 Å². The molecule has 0 spiro atoms. The number of methoxy groups -OCH3 is 2. The summed E-state index contributed by atoms with van der Waals surface area (Å²) in [4.78, 5) is 0. The van der Waals surface area contributed by atoms with Crippen molar-refractivity contribution >= 4 is 0 Å². The van der Waals surface area contributed by atoms with Crippen molar-refractivity contribution in [2.24, 2.45) is 0 Å². The lowest BCUT2D eigenvalue weighted by Gasteiger charge is -2.22. The number of β-amino-alcohol motifs (C(OH)–C–C–N with tert-alkyl or cyclic N) is 1. The van der Waals surface area contributed by atoms with Gasteiger partial charge >= 0.3 is 0 Å². The number of rotatable bonds is 6. The number of nitrogens with one attached hydrogen (secondary N) is 2. The van der Waals surface area contributed by atoms with Crippen LogP contribution < -0.4 is 20.1 Å². The number of aliphatic hydroxyl groups is 1. The minimum Gasteiger partial charge on any atom is -0.497 e. The van der Waals surface area contributed by atoms with Gasteiger partial charge in [-0.15, -0.1) is 0 Å². The first-order valence-corrected chi connectivity index (χ1v) is 6.51. The van der Waals surface area contributed by atoms with Crippen LogP contribution in [0.3, 0.4) is 0 Å². The van der Waals surface area contributed by atoms with E-state index in [0.29, 0.717) is 19.6 Å². The molecule has 106 valence electrons. The second-order valence-electron chi connectivity index (χ2n) is 4.93. The van der Waals surface area contributed by atoms with E-state index in [9.17, 15) is 5.11 Å². The topological polar surface area (TPSA) is 62.8 Å². The molecule has 0 aromatic heterocycles. The third-order valence-corrected chi connectivity index (χ3v) is 3.48. The van der Waals surface area contributed by atoms with Gasteiger partial charge in [-0.1, -0.05) is 6.07 Å². The lowest BCUT2D eigenvalue weighted by atomic mass is 10.0. The molecule has 1 unspecified atom stereocenters. The maximum atomic E-state index is 10.2. The van der Waals surface area contributed by atoms with Gasteiger partial charge in [0.25, 0.3) is 0 Å². The molecule has 1 aromatic carbocycles. The first-order valence-electron chi connectivity index (χ1n) is 6.51. The number of ether oxygens (including phenoxy) is 2. The Morgan fingerprint density at radius 1 is 1.37 bits per heavy atom. The molecule has 1 aliphatic heterocycles. The van der Waals surface area contributed by atoms with Crippen molar-refractivity contribution in [3.05, 3.63) is 23.8 Å². The normalized spacial score (nSPS) is 22.5. The van der Waals surface area contributed by atoms with Gasteiger partial charge in [-0.05, 0) is 19.0 Å². The Kier molecular flexibility index (Phi) is 4.63. The molecule has 0 saturated carbocycles. The summed E-state index contributed by atoms with van der Waals surface area (Å²) in [6, 6.07) is 5.75. The molecule has 19 heavy (non-hydrogen) atoms. The van der Waals surface area contributed by atoms with Gasteiger partial charge in [0, 0.05) is 31.3 Å². The average molecular weight is 266 g/mol. The van der Waals surface area contributed by atoms with Crippen LogP contribution in [-0.2, 0) is 6.54 Å². The van der Waals surface area contributed by atoms with Crippen molar-refractivity contribution in [2.45, 2.75) is 18.6 Å². The monoisotopic (exact) mass is 266 g/mol. The molecule has 0 bridgehead atoms. The second-order valence-corrected chi connectivity index (χ2v) is 4.93. The van der Waals surface area contributed by atoms with Crippen LogP contribution in [0.4, 0.5) is 0 Å². The summed E-state index contributed by atoms with van der Waals surface area (Å²) >= 11 is 0. The number of benzene rings is 1. The van der Waals surface area contributed by atoms with Gasteiger partial charge < -0.3 is 25.2 Å². The third kappa shape index (κ3) is 3.59. The molecular formula is C14H22N2O3. The highest BCUT2D eigenvalue weighted by Gasteiger charge is 2.30. The Labute approximate surface area is 113 Å². The van der Waals surface area contributed by atoms with Crippen LogP contribution in [0, 0.1) is 0 Å². The fourth-order valence-corrected chi connectivity index (χ4v) is 2.31. The molecule has 5 nitrogen and oxygen atoms in total. The smallest absolute Gasteiger partial charge is 0.127 e. The molecular weight excluding hydrogens is 244 g/mol. The van der Waals surface area contributed by atoms with Gasteiger partial charge in [-0.3, -0.25) is 0 Å². The van der Waals surface area contributed by atoms with E-state index in [1.807, 2.05) is 18.2 Å². The molecule has 2 rings (SSSR count). The maximum Gasteiger partial charge on any atom is 0.127 e. The second kappa shape index (κ2) is 6.23. The maximum absolute atomic E-state index is 10.2. The molecule has 1 saturated heterocycles. The Balaban J connectivity index is 1.91. The zero-order valence-electron chi connectivity index (χ0n) is 11.5.